The highest BCUT2D eigenvalue weighted by molar-refractivity contribution is 7.15. The van der Waals surface area contributed by atoms with Crippen molar-refractivity contribution in [1.29, 1.82) is 0 Å². The van der Waals surface area contributed by atoms with Crippen molar-refractivity contribution < 1.29 is 0 Å². The van der Waals surface area contributed by atoms with E-state index in [0.717, 1.165) is 21.9 Å². The van der Waals surface area contributed by atoms with Crippen molar-refractivity contribution in [2.75, 3.05) is 0 Å². The van der Waals surface area contributed by atoms with E-state index in [4.69, 9.17) is 11.5 Å². The molecule has 0 saturated heterocycles. The fraction of sp³-hybridized carbons (Fsp3) is 0. The first kappa shape index (κ1) is 14.9. The van der Waals surface area contributed by atoms with Crippen molar-refractivity contribution in [2.24, 2.45) is 21.7 Å². The van der Waals surface area contributed by atoms with Crippen molar-refractivity contribution in [3.8, 4) is 11.3 Å². The summed E-state index contributed by atoms with van der Waals surface area (Å²) in [6.07, 6.45) is 6.95. The van der Waals surface area contributed by atoms with Crippen molar-refractivity contribution in [2.45, 2.75) is 0 Å². The Hall–Kier alpha value is -2.45. The number of imidazole rings is 1. The largest absolute Gasteiger partial charge is 0.369 e. The van der Waals surface area contributed by atoms with Gasteiger partial charge in [0.1, 0.15) is 0 Å². The summed E-state index contributed by atoms with van der Waals surface area (Å²) in [6, 6.07) is 3.79. The van der Waals surface area contributed by atoms with Crippen LogP contribution in [0.15, 0.2) is 46.3 Å². The second-order valence-electron chi connectivity index (χ2n) is 3.91. The summed E-state index contributed by atoms with van der Waals surface area (Å²) < 4.78 is 1.94. The van der Waals surface area contributed by atoms with E-state index < -0.39 is 0 Å². The number of thiazole rings is 1. The molecular formula is C12H12ClN7S. The average Bonchev–Trinajstić information content (AvgIpc) is 3.01. The van der Waals surface area contributed by atoms with Crippen LogP contribution in [0.1, 0.15) is 5.69 Å². The summed E-state index contributed by atoms with van der Waals surface area (Å²) >= 11 is 1.55. The number of nitrogens with two attached hydrogens (primary N) is 2. The maximum absolute atomic E-state index is 5.26. The van der Waals surface area contributed by atoms with Gasteiger partial charge in [-0.1, -0.05) is 0 Å². The van der Waals surface area contributed by atoms with Gasteiger partial charge in [-0.05, 0) is 12.1 Å². The number of pyridine rings is 1. The van der Waals surface area contributed by atoms with Gasteiger partial charge in [0.2, 0.25) is 5.96 Å². The quantitative estimate of drug-likeness (QED) is 0.433. The van der Waals surface area contributed by atoms with E-state index in [1.165, 1.54) is 0 Å². The monoisotopic (exact) mass is 321 g/mol. The van der Waals surface area contributed by atoms with Gasteiger partial charge >= 0.3 is 0 Å². The fourth-order valence-electron chi connectivity index (χ4n) is 1.80. The zero-order valence-electron chi connectivity index (χ0n) is 10.7. The van der Waals surface area contributed by atoms with Crippen LogP contribution in [-0.2, 0) is 0 Å². The summed E-state index contributed by atoms with van der Waals surface area (Å²) in [5.74, 6) is -0.0854. The van der Waals surface area contributed by atoms with E-state index in [1.807, 2.05) is 28.1 Å². The Bertz CT molecular complexity index is 786. The molecule has 3 aromatic rings. The molecule has 21 heavy (non-hydrogen) atoms. The van der Waals surface area contributed by atoms with Crippen molar-refractivity contribution in [3.05, 3.63) is 41.8 Å². The average molecular weight is 322 g/mol. The van der Waals surface area contributed by atoms with Crippen LogP contribution in [0.4, 0.5) is 0 Å². The van der Waals surface area contributed by atoms with Crippen molar-refractivity contribution >= 4 is 40.9 Å². The Labute approximate surface area is 130 Å². The van der Waals surface area contributed by atoms with Gasteiger partial charge < -0.3 is 11.5 Å². The van der Waals surface area contributed by atoms with Crippen LogP contribution in [0, 0.1) is 0 Å². The normalized spacial score (nSPS) is 10.7. The SMILES string of the molecule is Cl.NC(N)=N/N=C/c1c(-c2ccncc2)nc2sccn12. The molecule has 0 amide bonds. The molecule has 3 heterocycles. The molecule has 0 spiro atoms. The molecule has 0 radical (unpaired) electrons. The van der Waals surface area contributed by atoms with Gasteiger partial charge in [0.25, 0.3) is 0 Å². The van der Waals surface area contributed by atoms with Crippen LogP contribution < -0.4 is 11.5 Å². The predicted molar refractivity (Wildman–Crippen MR) is 87.0 cm³/mol. The lowest BCUT2D eigenvalue weighted by atomic mass is 10.1. The molecule has 108 valence electrons. The summed E-state index contributed by atoms with van der Waals surface area (Å²) in [4.78, 5) is 9.48. The third-order valence-electron chi connectivity index (χ3n) is 2.61. The van der Waals surface area contributed by atoms with Gasteiger partial charge in [-0.25, -0.2) is 4.98 Å². The van der Waals surface area contributed by atoms with Crippen molar-refractivity contribution in [3.63, 3.8) is 0 Å². The lowest BCUT2D eigenvalue weighted by molar-refractivity contribution is 1.18. The Morgan fingerprint density at radius 3 is 2.76 bits per heavy atom. The first-order chi connectivity index (χ1) is 9.75. The van der Waals surface area contributed by atoms with E-state index in [9.17, 15) is 0 Å². The molecule has 0 saturated carbocycles. The second kappa shape index (κ2) is 6.33. The van der Waals surface area contributed by atoms with E-state index in [0.29, 0.717) is 0 Å². The minimum atomic E-state index is -0.0854. The highest BCUT2D eigenvalue weighted by Crippen LogP contribution is 2.25. The minimum Gasteiger partial charge on any atom is -0.369 e. The number of halogens is 1. The Morgan fingerprint density at radius 2 is 2.05 bits per heavy atom. The number of rotatable bonds is 3. The Morgan fingerprint density at radius 1 is 1.29 bits per heavy atom. The number of guanidine groups is 1. The van der Waals surface area contributed by atoms with Crippen molar-refractivity contribution in [1.82, 2.24) is 14.4 Å². The van der Waals surface area contributed by atoms with Crippen LogP contribution in [-0.4, -0.2) is 26.5 Å². The molecule has 9 heteroatoms. The van der Waals surface area contributed by atoms with Gasteiger partial charge in [0.05, 0.1) is 17.6 Å². The molecule has 0 atom stereocenters. The summed E-state index contributed by atoms with van der Waals surface area (Å²) in [6.45, 7) is 0. The fourth-order valence-corrected chi connectivity index (χ4v) is 2.52. The molecule has 0 aliphatic carbocycles. The standard InChI is InChI=1S/C12H11N7S.ClH/c13-11(14)18-16-7-9-10(8-1-3-15-4-2-8)17-12-19(9)5-6-20-12;/h1-7H,(H4,13,14,18);1H/b16-7+;. The molecule has 0 aromatic carbocycles. The third kappa shape index (κ3) is 3.01. The molecule has 0 fully saturated rings. The van der Waals surface area contributed by atoms with Crippen LogP contribution in [0.3, 0.4) is 0 Å². The number of fused-ring (bicyclic) bond motifs is 1. The predicted octanol–water partition coefficient (Wildman–Crippen LogP) is 1.49. The van der Waals surface area contributed by atoms with E-state index in [2.05, 4.69) is 20.2 Å². The maximum Gasteiger partial charge on any atom is 0.211 e. The Balaban J connectivity index is 0.00000161. The number of aromatic nitrogens is 3. The zero-order valence-corrected chi connectivity index (χ0v) is 12.4. The summed E-state index contributed by atoms with van der Waals surface area (Å²) in [7, 11) is 0. The topological polar surface area (TPSA) is 107 Å². The lowest BCUT2D eigenvalue weighted by Gasteiger charge is -1.98. The van der Waals surface area contributed by atoms with Crippen LogP contribution in [0.2, 0.25) is 0 Å². The molecule has 4 N–H and O–H groups in total. The number of hydrogen-bond donors (Lipinski definition) is 2. The maximum atomic E-state index is 5.26. The molecule has 3 aromatic heterocycles. The summed E-state index contributed by atoms with van der Waals surface area (Å²) in [5, 5.41) is 9.44. The van der Waals surface area contributed by atoms with E-state index in [1.54, 1.807) is 29.9 Å². The summed E-state index contributed by atoms with van der Waals surface area (Å²) in [5.41, 5.74) is 13.1. The zero-order chi connectivity index (χ0) is 13.9. The van der Waals surface area contributed by atoms with Crippen LogP contribution in [0.25, 0.3) is 16.2 Å². The van der Waals surface area contributed by atoms with E-state index in [-0.39, 0.29) is 18.4 Å². The van der Waals surface area contributed by atoms with E-state index >= 15 is 0 Å². The van der Waals surface area contributed by atoms with Gasteiger partial charge in [-0.3, -0.25) is 9.38 Å². The molecule has 0 aliphatic heterocycles. The van der Waals surface area contributed by atoms with Gasteiger partial charge in [-0.2, -0.15) is 5.10 Å². The Kier molecular flexibility index (Phi) is 4.51. The molecule has 7 nitrogen and oxygen atoms in total. The first-order valence-corrected chi connectivity index (χ1v) is 6.61. The molecular weight excluding hydrogens is 310 g/mol. The molecule has 0 aliphatic rings. The van der Waals surface area contributed by atoms with Crippen LogP contribution >= 0.6 is 23.7 Å². The van der Waals surface area contributed by atoms with Gasteiger partial charge in [0.15, 0.2) is 4.96 Å². The lowest BCUT2D eigenvalue weighted by Crippen LogP contribution is -2.21. The number of hydrogen-bond acceptors (Lipinski definition) is 5. The minimum absolute atomic E-state index is 0. The second-order valence-corrected chi connectivity index (χ2v) is 4.78. The molecule has 0 unspecified atom stereocenters. The highest BCUT2D eigenvalue weighted by atomic mass is 35.5. The third-order valence-corrected chi connectivity index (χ3v) is 3.36. The molecule has 3 rings (SSSR count). The first-order valence-electron chi connectivity index (χ1n) is 5.73. The van der Waals surface area contributed by atoms with Gasteiger partial charge in [0, 0.05) is 29.5 Å². The van der Waals surface area contributed by atoms with Gasteiger partial charge in [-0.15, -0.1) is 28.8 Å². The van der Waals surface area contributed by atoms with Crippen LogP contribution in [0.5, 0.6) is 0 Å². The highest BCUT2D eigenvalue weighted by Gasteiger charge is 2.13. The smallest absolute Gasteiger partial charge is 0.211 e. The molecule has 0 bridgehead atoms. The number of nitrogens with zero attached hydrogens (tertiary/aromatic N) is 5.